The van der Waals surface area contributed by atoms with E-state index in [0.29, 0.717) is 0 Å². The van der Waals surface area contributed by atoms with Gasteiger partial charge in [0.05, 0.1) is 5.69 Å². The molecule has 1 aliphatic heterocycles. The van der Waals surface area contributed by atoms with Gasteiger partial charge in [0.25, 0.3) is 0 Å². The molecule has 1 unspecified atom stereocenters. The molecule has 0 radical (unpaired) electrons. The van der Waals surface area contributed by atoms with E-state index >= 15 is 0 Å². The lowest BCUT2D eigenvalue weighted by Crippen LogP contribution is -2.27. The number of hydrogen-bond acceptors (Lipinski definition) is 5. The van der Waals surface area contributed by atoms with Crippen molar-refractivity contribution >= 4 is 5.82 Å². The first kappa shape index (κ1) is 11.1. The second kappa shape index (κ2) is 4.70. The molecule has 1 fully saturated rings. The largest absolute Gasteiger partial charge is 0.354 e. The number of hydrogen-bond donors (Lipinski definition) is 1. The van der Waals surface area contributed by atoms with Crippen LogP contribution in [0.15, 0.2) is 36.7 Å². The van der Waals surface area contributed by atoms with Gasteiger partial charge in [0.2, 0.25) is 0 Å². The Morgan fingerprint density at radius 1 is 1.22 bits per heavy atom. The first-order valence-electron chi connectivity index (χ1n) is 6.07. The molecule has 92 valence electrons. The van der Waals surface area contributed by atoms with Crippen molar-refractivity contribution in [1.82, 2.24) is 15.2 Å². The molecule has 1 atom stereocenters. The fraction of sp³-hybridized carbons (Fsp3) is 0.308. The van der Waals surface area contributed by atoms with Crippen molar-refractivity contribution in [2.24, 2.45) is 5.73 Å². The van der Waals surface area contributed by atoms with Crippen LogP contribution in [-0.4, -0.2) is 34.3 Å². The van der Waals surface area contributed by atoms with E-state index in [1.54, 1.807) is 12.4 Å². The first-order valence-corrected chi connectivity index (χ1v) is 6.07. The second-order valence-corrected chi connectivity index (χ2v) is 4.51. The van der Waals surface area contributed by atoms with Crippen LogP contribution in [0.2, 0.25) is 0 Å². The third-order valence-electron chi connectivity index (χ3n) is 3.16. The zero-order valence-electron chi connectivity index (χ0n) is 10.0. The van der Waals surface area contributed by atoms with Crippen molar-refractivity contribution in [3.05, 3.63) is 36.7 Å². The minimum atomic E-state index is 0.254. The topological polar surface area (TPSA) is 67.9 Å². The van der Waals surface area contributed by atoms with Crippen LogP contribution in [0.3, 0.4) is 0 Å². The smallest absolute Gasteiger partial charge is 0.151 e. The van der Waals surface area contributed by atoms with Gasteiger partial charge < -0.3 is 10.6 Å². The van der Waals surface area contributed by atoms with Gasteiger partial charge in [-0.15, -0.1) is 10.2 Å². The van der Waals surface area contributed by atoms with Crippen LogP contribution in [0.1, 0.15) is 6.42 Å². The van der Waals surface area contributed by atoms with Gasteiger partial charge in [-0.25, -0.2) is 0 Å². The van der Waals surface area contributed by atoms with Crippen LogP contribution in [-0.2, 0) is 0 Å². The number of rotatable bonds is 2. The van der Waals surface area contributed by atoms with E-state index in [2.05, 4.69) is 20.1 Å². The third kappa shape index (κ3) is 2.17. The summed E-state index contributed by atoms with van der Waals surface area (Å²) in [7, 11) is 0. The monoisotopic (exact) mass is 241 g/mol. The molecule has 18 heavy (non-hydrogen) atoms. The Kier molecular flexibility index (Phi) is 2.90. The molecule has 1 aliphatic rings. The first-order chi connectivity index (χ1) is 8.83. The molecule has 0 aliphatic carbocycles. The standard InChI is InChI=1S/C13H15N5/c14-11-5-7-18(9-11)13-4-3-12(16-17-13)10-2-1-6-15-8-10/h1-4,6,8,11H,5,7,9,14H2. The van der Waals surface area contributed by atoms with Crippen molar-refractivity contribution in [2.45, 2.75) is 12.5 Å². The highest BCUT2D eigenvalue weighted by Crippen LogP contribution is 2.19. The summed E-state index contributed by atoms with van der Waals surface area (Å²) in [4.78, 5) is 6.25. The van der Waals surface area contributed by atoms with Crippen molar-refractivity contribution in [3.63, 3.8) is 0 Å². The molecule has 0 aromatic carbocycles. The lowest BCUT2D eigenvalue weighted by Gasteiger charge is -2.15. The van der Waals surface area contributed by atoms with Crippen LogP contribution in [0.25, 0.3) is 11.3 Å². The highest BCUT2D eigenvalue weighted by molar-refractivity contribution is 5.58. The molecule has 3 rings (SSSR count). The number of anilines is 1. The summed E-state index contributed by atoms with van der Waals surface area (Å²) in [5.74, 6) is 0.899. The molecular weight excluding hydrogens is 226 g/mol. The Hall–Kier alpha value is -2.01. The van der Waals surface area contributed by atoms with Crippen molar-refractivity contribution in [3.8, 4) is 11.3 Å². The Balaban J connectivity index is 1.81. The van der Waals surface area contributed by atoms with Gasteiger partial charge in [0.15, 0.2) is 5.82 Å². The van der Waals surface area contributed by atoms with Gasteiger partial charge in [-0.05, 0) is 30.7 Å². The second-order valence-electron chi connectivity index (χ2n) is 4.51. The van der Waals surface area contributed by atoms with E-state index in [1.807, 2.05) is 24.3 Å². The van der Waals surface area contributed by atoms with Gasteiger partial charge in [-0.3, -0.25) is 4.98 Å². The summed E-state index contributed by atoms with van der Waals surface area (Å²) >= 11 is 0. The van der Waals surface area contributed by atoms with Crippen molar-refractivity contribution in [1.29, 1.82) is 0 Å². The predicted octanol–water partition coefficient (Wildman–Crippen LogP) is 1.08. The molecule has 0 saturated carbocycles. The van der Waals surface area contributed by atoms with E-state index in [-0.39, 0.29) is 6.04 Å². The summed E-state index contributed by atoms with van der Waals surface area (Å²) < 4.78 is 0. The molecule has 5 nitrogen and oxygen atoms in total. The molecule has 3 heterocycles. The molecular formula is C13H15N5. The summed E-state index contributed by atoms with van der Waals surface area (Å²) in [6, 6.07) is 8.09. The number of pyridine rings is 1. The van der Waals surface area contributed by atoms with Gasteiger partial charge >= 0.3 is 0 Å². The summed E-state index contributed by atoms with van der Waals surface area (Å²) in [6.07, 6.45) is 4.55. The average Bonchev–Trinajstić information content (AvgIpc) is 2.87. The molecule has 2 N–H and O–H groups in total. The zero-order chi connectivity index (χ0) is 12.4. The van der Waals surface area contributed by atoms with E-state index in [9.17, 15) is 0 Å². The van der Waals surface area contributed by atoms with Gasteiger partial charge in [-0.1, -0.05) is 0 Å². The summed E-state index contributed by atoms with van der Waals surface area (Å²) in [5, 5.41) is 8.51. The normalized spacial score (nSPS) is 19.2. The third-order valence-corrected chi connectivity index (χ3v) is 3.16. The fourth-order valence-corrected chi connectivity index (χ4v) is 2.16. The number of aromatic nitrogens is 3. The maximum absolute atomic E-state index is 5.89. The SMILES string of the molecule is NC1CCN(c2ccc(-c3cccnc3)nn2)C1. The molecule has 5 heteroatoms. The predicted molar refractivity (Wildman–Crippen MR) is 70.1 cm³/mol. The van der Waals surface area contributed by atoms with Gasteiger partial charge in [0, 0.05) is 37.1 Å². The van der Waals surface area contributed by atoms with Crippen LogP contribution in [0.5, 0.6) is 0 Å². The summed E-state index contributed by atoms with van der Waals surface area (Å²) in [5.41, 5.74) is 7.71. The van der Waals surface area contributed by atoms with Crippen LogP contribution in [0, 0.1) is 0 Å². The highest BCUT2D eigenvalue weighted by atomic mass is 15.3. The minimum Gasteiger partial charge on any atom is -0.354 e. The Morgan fingerprint density at radius 2 is 2.17 bits per heavy atom. The van der Waals surface area contributed by atoms with Crippen LogP contribution >= 0.6 is 0 Å². The lowest BCUT2D eigenvalue weighted by molar-refractivity contribution is 0.750. The molecule has 0 amide bonds. The van der Waals surface area contributed by atoms with Crippen LogP contribution < -0.4 is 10.6 Å². The van der Waals surface area contributed by atoms with Gasteiger partial charge in [0.1, 0.15) is 0 Å². The highest BCUT2D eigenvalue weighted by Gasteiger charge is 2.20. The molecule has 2 aromatic heterocycles. The quantitative estimate of drug-likeness (QED) is 0.852. The zero-order valence-corrected chi connectivity index (χ0v) is 10.0. The number of nitrogens with two attached hydrogens (primary N) is 1. The van der Waals surface area contributed by atoms with E-state index in [0.717, 1.165) is 36.6 Å². The number of nitrogens with zero attached hydrogens (tertiary/aromatic N) is 4. The Labute approximate surface area is 106 Å². The van der Waals surface area contributed by atoms with Crippen LogP contribution in [0.4, 0.5) is 5.82 Å². The Morgan fingerprint density at radius 3 is 2.78 bits per heavy atom. The molecule has 1 saturated heterocycles. The van der Waals surface area contributed by atoms with E-state index in [4.69, 9.17) is 5.73 Å². The molecule has 0 spiro atoms. The van der Waals surface area contributed by atoms with E-state index in [1.165, 1.54) is 0 Å². The van der Waals surface area contributed by atoms with Crippen molar-refractivity contribution < 1.29 is 0 Å². The summed E-state index contributed by atoms with van der Waals surface area (Å²) in [6.45, 7) is 1.82. The molecule has 0 bridgehead atoms. The van der Waals surface area contributed by atoms with E-state index < -0.39 is 0 Å². The lowest BCUT2D eigenvalue weighted by atomic mass is 10.2. The maximum atomic E-state index is 5.89. The van der Waals surface area contributed by atoms with Crippen molar-refractivity contribution in [2.75, 3.05) is 18.0 Å². The Bertz CT molecular complexity index is 511. The fourth-order valence-electron chi connectivity index (χ4n) is 2.16. The average molecular weight is 241 g/mol. The van der Waals surface area contributed by atoms with Gasteiger partial charge in [-0.2, -0.15) is 0 Å². The maximum Gasteiger partial charge on any atom is 0.151 e. The molecule has 2 aromatic rings. The minimum absolute atomic E-state index is 0.254.